The van der Waals surface area contributed by atoms with Crippen molar-refractivity contribution in [1.29, 1.82) is 0 Å². The monoisotopic (exact) mass is 321 g/mol. The van der Waals surface area contributed by atoms with Gasteiger partial charge in [-0.3, -0.25) is 4.79 Å². The average Bonchev–Trinajstić information content (AvgIpc) is 2.90. The molecule has 3 heterocycles. The topological polar surface area (TPSA) is 46.8 Å². The molecule has 1 aromatic carbocycles. The summed E-state index contributed by atoms with van der Waals surface area (Å²) in [7, 11) is 0. The minimum absolute atomic E-state index is 0.0264. The Balaban J connectivity index is 1.58. The van der Waals surface area contributed by atoms with Crippen LogP contribution in [0, 0.1) is 0 Å². The number of rotatable bonds is 2. The predicted molar refractivity (Wildman–Crippen MR) is 90.8 cm³/mol. The highest BCUT2D eigenvalue weighted by molar-refractivity contribution is 5.81. The Bertz CT molecular complexity index is 887. The van der Waals surface area contributed by atoms with Gasteiger partial charge in [0.1, 0.15) is 11.9 Å². The Labute approximate surface area is 140 Å². The van der Waals surface area contributed by atoms with E-state index < -0.39 is 0 Å². The lowest BCUT2D eigenvalue weighted by Crippen LogP contribution is -2.36. The van der Waals surface area contributed by atoms with Crippen molar-refractivity contribution in [2.24, 2.45) is 0 Å². The molecule has 1 aliphatic heterocycles. The van der Waals surface area contributed by atoms with Crippen LogP contribution in [0.25, 0.3) is 5.52 Å². The van der Waals surface area contributed by atoms with E-state index in [4.69, 9.17) is 4.74 Å². The molecule has 1 amide bonds. The van der Waals surface area contributed by atoms with E-state index in [2.05, 4.69) is 5.10 Å². The van der Waals surface area contributed by atoms with Gasteiger partial charge in [-0.25, -0.2) is 4.52 Å². The van der Waals surface area contributed by atoms with Gasteiger partial charge in [-0.2, -0.15) is 5.10 Å². The number of hydrogen-bond donors (Lipinski definition) is 0. The second kappa shape index (κ2) is 6.00. The van der Waals surface area contributed by atoms with Crippen LogP contribution in [0.1, 0.15) is 18.1 Å². The number of carbonyl (C=O) groups is 1. The highest BCUT2D eigenvalue weighted by Gasteiger charge is 2.24. The van der Waals surface area contributed by atoms with Crippen LogP contribution in [0.2, 0.25) is 0 Å². The van der Waals surface area contributed by atoms with Crippen LogP contribution in [0.3, 0.4) is 0 Å². The summed E-state index contributed by atoms with van der Waals surface area (Å²) in [6, 6.07) is 13.8. The molecule has 0 bridgehead atoms. The summed E-state index contributed by atoms with van der Waals surface area (Å²) in [5.74, 6) is 0.970. The summed E-state index contributed by atoms with van der Waals surface area (Å²) in [4.78, 5) is 14.7. The number of amides is 1. The van der Waals surface area contributed by atoms with E-state index >= 15 is 0 Å². The Hall–Kier alpha value is -2.82. The van der Waals surface area contributed by atoms with Crippen LogP contribution < -0.4 is 4.74 Å². The average molecular weight is 321 g/mol. The van der Waals surface area contributed by atoms with Gasteiger partial charge >= 0.3 is 0 Å². The lowest BCUT2D eigenvalue weighted by Gasteiger charge is -2.22. The van der Waals surface area contributed by atoms with E-state index in [1.807, 2.05) is 60.5 Å². The lowest BCUT2D eigenvalue weighted by molar-refractivity contribution is -0.131. The maximum absolute atomic E-state index is 12.9. The van der Waals surface area contributed by atoms with E-state index in [0.717, 1.165) is 22.4 Å². The second-order valence-corrected chi connectivity index (χ2v) is 6.19. The number of carbonyl (C=O) groups excluding carboxylic acids is 1. The lowest BCUT2D eigenvalue weighted by atomic mass is 10.1. The number of hydrogen-bond acceptors (Lipinski definition) is 3. The fourth-order valence-electron chi connectivity index (χ4n) is 3.17. The van der Waals surface area contributed by atoms with Crippen molar-refractivity contribution in [3.63, 3.8) is 0 Å². The molecule has 1 unspecified atom stereocenters. The highest BCUT2D eigenvalue weighted by Crippen LogP contribution is 2.25. The fourth-order valence-corrected chi connectivity index (χ4v) is 3.17. The van der Waals surface area contributed by atoms with Crippen LogP contribution in [-0.2, 0) is 17.8 Å². The Kier molecular flexibility index (Phi) is 3.69. The van der Waals surface area contributed by atoms with Crippen LogP contribution in [0.15, 0.2) is 54.9 Å². The van der Waals surface area contributed by atoms with Gasteiger partial charge in [0.25, 0.3) is 0 Å². The van der Waals surface area contributed by atoms with E-state index in [9.17, 15) is 4.79 Å². The third-order valence-corrected chi connectivity index (χ3v) is 4.34. The van der Waals surface area contributed by atoms with Crippen LogP contribution in [0.5, 0.6) is 5.75 Å². The molecule has 24 heavy (non-hydrogen) atoms. The molecule has 4 rings (SSSR count). The summed E-state index contributed by atoms with van der Waals surface area (Å²) in [6.45, 7) is 3.17. The summed E-state index contributed by atoms with van der Waals surface area (Å²) in [5, 5.41) is 4.31. The molecule has 0 saturated heterocycles. The first-order valence-corrected chi connectivity index (χ1v) is 8.14. The molecule has 0 fully saturated rings. The predicted octanol–water partition coefficient (Wildman–Crippen LogP) is 2.69. The molecule has 1 atom stereocenters. The first kappa shape index (κ1) is 14.8. The summed E-state index contributed by atoms with van der Waals surface area (Å²) in [6.07, 6.45) is 3.99. The first-order chi connectivity index (χ1) is 11.7. The third-order valence-electron chi connectivity index (χ3n) is 4.34. The zero-order chi connectivity index (χ0) is 16.5. The molecule has 5 heteroatoms. The molecule has 122 valence electrons. The Morgan fingerprint density at radius 1 is 1.25 bits per heavy atom. The molecule has 0 spiro atoms. The molecule has 0 aliphatic carbocycles. The SMILES string of the molecule is CC1CN(C(=O)Cc2cnn3ccccc23)Cc2ccccc2O1. The Morgan fingerprint density at radius 2 is 2.08 bits per heavy atom. The van der Waals surface area contributed by atoms with E-state index in [1.165, 1.54) is 0 Å². The molecule has 0 N–H and O–H groups in total. The van der Waals surface area contributed by atoms with Crippen molar-refractivity contribution in [3.8, 4) is 5.75 Å². The molecule has 2 aromatic heterocycles. The molecule has 0 radical (unpaired) electrons. The molecule has 5 nitrogen and oxygen atoms in total. The van der Waals surface area contributed by atoms with Crippen molar-refractivity contribution >= 4 is 11.4 Å². The number of para-hydroxylation sites is 1. The van der Waals surface area contributed by atoms with Crippen molar-refractivity contribution in [3.05, 3.63) is 66.0 Å². The summed E-state index contributed by atoms with van der Waals surface area (Å²) >= 11 is 0. The molecule has 3 aromatic rings. The zero-order valence-corrected chi connectivity index (χ0v) is 13.6. The van der Waals surface area contributed by atoms with Gasteiger partial charge in [0.15, 0.2) is 0 Å². The molecule has 0 saturated carbocycles. The standard InChI is InChI=1S/C19H19N3O2/c1-14-12-21(13-15-6-2-3-8-18(15)24-14)19(23)10-16-11-20-22-9-5-4-7-17(16)22/h2-9,11,14H,10,12-13H2,1H3. The highest BCUT2D eigenvalue weighted by atomic mass is 16.5. The van der Waals surface area contributed by atoms with Gasteiger partial charge in [0, 0.05) is 23.9 Å². The second-order valence-electron chi connectivity index (χ2n) is 6.19. The van der Waals surface area contributed by atoms with Crippen molar-refractivity contribution in [2.45, 2.75) is 26.0 Å². The van der Waals surface area contributed by atoms with Crippen LogP contribution in [-0.4, -0.2) is 33.1 Å². The van der Waals surface area contributed by atoms with Crippen molar-refractivity contribution in [2.75, 3.05) is 6.54 Å². The zero-order valence-electron chi connectivity index (χ0n) is 13.6. The third kappa shape index (κ3) is 2.73. The summed E-state index contributed by atoms with van der Waals surface area (Å²) in [5.41, 5.74) is 2.98. The minimum Gasteiger partial charge on any atom is -0.489 e. The van der Waals surface area contributed by atoms with Gasteiger partial charge in [0.05, 0.1) is 24.7 Å². The molecular weight excluding hydrogens is 302 g/mol. The van der Waals surface area contributed by atoms with Gasteiger partial charge in [-0.1, -0.05) is 24.3 Å². The quantitative estimate of drug-likeness (QED) is 0.729. The normalized spacial score (nSPS) is 17.2. The first-order valence-electron chi connectivity index (χ1n) is 8.14. The van der Waals surface area contributed by atoms with Crippen LogP contribution in [0.4, 0.5) is 0 Å². The Morgan fingerprint density at radius 3 is 3.00 bits per heavy atom. The minimum atomic E-state index is -0.0264. The number of aromatic nitrogens is 2. The van der Waals surface area contributed by atoms with Gasteiger partial charge in [-0.15, -0.1) is 0 Å². The van der Waals surface area contributed by atoms with E-state index in [0.29, 0.717) is 19.5 Å². The maximum Gasteiger partial charge on any atom is 0.227 e. The van der Waals surface area contributed by atoms with Gasteiger partial charge in [-0.05, 0) is 25.1 Å². The van der Waals surface area contributed by atoms with Crippen molar-refractivity contribution in [1.82, 2.24) is 14.5 Å². The number of nitrogens with zero attached hydrogens (tertiary/aromatic N) is 3. The fraction of sp³-hybridized carbons (Fsp3) is 0.263. The molecular formula is C19H19N3O2. The van der Waals surface area contributed by atoms with Gasteiger partial charge in [0.2, 0.25) is 5.91 Å². The van der Waals surface area contributed by atoms with E-state index in [-0.39, 0.29) is 12.0 Å². The van der Waals surface area contributed by atoms with Gasteiger partial charge < -0.3 is 9.64 Å². The smallest absolute Gasteiger partial charge is 0.227 e. The molecule has 1 aliphatic rings. The number of benzene rings is 1. The summed E-state index contributed by atoms with van der Waals surface area (Å²) < 4.78 is 7.73. The number of fused-ring (bicyclic) bond motifs is 2. The number of ether oxygens (including phenoxy) is 1. The van der Waals surface area contributed by atoms with Crippen molar-refractivity contribution < 1.29 is 9.53 Å². The number of pyridine rings is 1. The largest absolute Gasteiger partial charge is 0.489 e. The maximum atomic E-state index is 12.9. The van der Waals surface area contributed by atoms with Crippen LogP contribution >= 0.6 is 0 Å². The van der Waals surface area contributed by atoms with E-state index in [1.54, 1.807) is 10.7 Å².